The number of nitrogens with one attached hydrogen (secondary N) is 2. The molecule has 2 bridgehead atoms. The molecule has 2 saturated carbocycles. The van der Waals surface area contributed by atoms with Crippen LogP contribution in [-0.4, -0.2) is 12.1 Å². The molecule has 0 aromatic heterocycles. The van der Waals surface area contributed by atoms with Crippen LogP contribution in [0.15, 0.2) is 24.3 Å². The molecule has 0 heterocycles. The topological polar surface area (TPSA) is 41.1 Å². The third-order valence-corrected chi connectivity index (χ3v) is 5.49. The average Bonchev–Trinajstić information content (AvgIpc) is 3.09. The minimum absolute atomic E-state index is 0.0338. The van der Waals surface area contributed by atoms with Crippen molar-refractivity contribution in [1.82, 2.24) is 10.6 Å². The molecule has 21 heavy (non-hydrogen) atoms. The zero-order valence-electron chi connectivity index (χ0n) is 13.1. The zero-order chi connectivity index (χ0) is 14.8. The summed E-state index contributed by atoms with van der Waals surface area (Å²) in [5.41, 5.74) is 2.40. The molecule has 1 aromatic rings. The van der Waals surface area contributed by atoms with Crippen molar-refractivity contribution in [2.24, 2.45) is 17.8 Å². The first-order valence-electron chi connectivity index (χ1n) is 8.22. The van der Waals surface area contributed by atoms with E-state index in [0.29, 0.717) is 12.5 Å². The van der Waals surface area contributed by atoms with Gasteiger partial charge >= 0.3 is 6.03 Å². The highest BCUT2D eigenvalue weighted by atomic mass is 16.2. The molecule has 0 saturated heterocycles. The van der Waals surface area contributed by atoms with Gasteiger partial charge in [-0.1, -0.05) is 30.7 Å². The Morgan fingerprint density at radius 1 is 1.29 bits per heavy atom. The van der Waals surface area contributed by atoms with Crippen LogP contribution < -0.4 is 10.6 Å². The van der Waals surface area contributed by atoms with E-state index in [2.05, 4.69) is 36.6 Å². The van der Waals surface area contributed by atoms with Crippen molar-refractivity contribution in [3.8, 4) is 0 Å². The number of carbonyl (C=O) groups excluding carboxylic acids is 1. The summed E-state index contributed by atoms with van der Waals surface area (Å²) in [7, 11) is 0. The van der Waals surface area contributed by atoms with Gasteiger partial charge in [0.15, 0.2) is 0 Å². The van der Waals surface area contributed by atoms with Gasteiger partial charge in [-0.05, 0) is 62.0 Å². The van der Waals surface area contributed by atoms with Crippen LogP contribution in [-0.2, 0) is 6.54 Å². The highest BCUT2D eigenvalue weighted by molar-refractivity contribution is 5.74. The molecule has 2 fully saturated rings. The molecule has 114 valence electrons. The number of benzene rings is 1. The van der Waals surface area contributed by atoms with Crippen LogP contribution in [0.5, 0.6) is 0 Å². The lowest BCUT2D eigenvalue weighted by Crippen LogP contribution is -2.45. The monoisotopic (exact) mass is 286 g/mol. The predicted octanol–water partition coefficient (Wildman–Crippen LogP) is 3.62. The van der Waals surface area contributed by atoms with E-state index in [9.17, 15) is 4.79 Å². The number of rotatable bonds is 4. The summed E-state index contributed by atoms with van der Waals surface area (Å²) in [4.78, 5) is 12.1. The van der Waals surface area contributed by atoms with Crippen LogP contribution in [0, 0.1) is 24.7 Å². The maximum Gasteiger partial charge on any atom is 0.315 e. The van der Waals surface area contributed by atoms with Crippen LogP contribution in [0.4, 0.5) is 4.79 Å². The largest absolute Gasteiger partial charge is 0.335 e. The summed E-state index contributed by atoms with van der Waals surface area (Å²) >= 11 is 0. The fourth-order valence-electron chi connectivity index (χ4n) is 4.26. The predicted molar refractivity (Wildman–Crippen MR) is 85.0 cm³/mol. The third-order valence-electron chi connectivity index (χ3n) is 5.49. The number of carbonyl (C=O) groups is 1. The molecule has 2 N–H and O–H groups in total. The van der Waals surface area contributed by atoms with Gasteiger partial charge in [0.05, 0.1) is 0 Å². The van der Waals surface area contributed by atoms with Gasteiger partial charge in [0.25, 0.3) is 0 Å². The smallest absolute Gasteiger partial charge is 0.315 e. The highest BCUT2D eigenvalue weighted by Gasteiger charge is 2.42. The van der Waals surface area contributed by atoms with Crippen molar-refractivity contribution in [3.63, 3.8) is 0 Å². The van der Waals surface area contributed by atoms with Gasteiger partial charge in [0.2, 0.25) is 0 Å². The molecule has 4 atom stereocenters. The number of urea groups is 1. The molecule has 3 nitrogen and oxygen atoms in total. The van der Waals surface area contributed by atoms with Crippen molar-refractivity contribution in [1.29, 1.82) is 0 Å². The minimum Gasteiger partial charge on any atom is -0.335 e. The van der Waals surface area contributed by atoms with Crippen molar-refractivity contribution in [3.05, 3.63) is 35.4 Å². The van der Waals surface area contributed by atoms with E-state index in [0.717, 1.165) is 11.8 Å². The number of hydrogen-bond donors (Lipinski definition) is 2. The molecular formula is C18H26N2O. The van der Waals surface area contributed by atoms with Crippen molar-refractivity contribution in [2.75, 3.05) is 0 Å². The normalized spacial score (nSPS) is 28.4. The van der Waals surface area contributed by atoms with Gasteiger partial charge in [0, 0.05) is 12.6 Å². The Balaban J connectivity index is 1.47. The average molecular weight is 286 g/mol. The molecule has 0 spiro atoms. The Kier molecular flexibility index (Phi) is 4.18. The molecule has 3 heteroatoms. The molecule has 2 aliphatic carbocycles. The maximum absolute atomic E-state index is 12.1. The summed E-state index contributed by atoms with van der Waals surface area (Å²) in [5.74, 6) is 2.47. The number of amides is 2. The van der Waals surface area contributed by atoms with E-state index in [-0.39, 0.29) is 12.1 Å². The summed E-state index contributed by atoms with van der Waals surface area (Å²) in [6.07, 6.45) is 5.48. The second-order valence-corrected chi connectivity index (χ2v) is 6.88. The summed E-state index contributed by atoms with van der Waals surface area (Å²) in [6.45, 7) is 4.84. The fraction of sp³-hybridized carbons (Fsp3) is 0.611. The minimum atomic E-state index is -0.0338. The Morgan fingerprint density at radius 2 is 2.10 bits per heavy atom. The zero-order valence-corrected chi connectivity index (χ0v) is 13.1. The fourth-order valence-corrected chi connectivity index (χ4v) is 4.26. The standard InChI is InChI=1S/C18H26N2O/c1-12-5-3-4-6-16(12)11-19-18(21)20-13(2)17-10-14-7-8-15(17)9-14/h3-6,13-15,17H,7-11H2,1-2H3,(H2,19,20,21). The van der Waals surface area contributed by atoms with Crippen LogP contribution in [0.25, 0.3) is 0 Å². The second kappa shape index (κ2) is 6.08. The van der Waals surface area contributed by atoms with Crippen LogP contribution >= 0.6 is 0 Å². The summed E-state index contributed by atoms with van der Waals surface area (Å²) < 4.78 is 0. The first kappa shape index (κ1) is 14.4. The van der Waals surface area contributed by atoms with Crippen molar-refractivity contribution >= 4 is 6.03 Å². The first-order valence-corrected chi connectivity index (χ1v) is 8.22. The van der Waals surface area contributed by atoms with Crippen molar-refractivity contribution < 1.29 is 4.79 Å². The Morgan fingerprint density at radius 3 is 2.76 bits per heavy atom. The number of aryl methyl sites for hydroxylation is 1. The summed E-state index contributed by atoms with van der Waals surface area (Å²) in [6, 6.07) is 8.43. The van der Waals surface area contributed by atoms with Gasteiger partial charge < -0.3 is 10.6 Å². The van der Waals surface area contributed by atoms with E-state index in [1.807, 2.05) is 12.1 Å². The molecule has 1 aromatic carbocycles. The summed E-state index contributed by atoms with van der Waals surface area (Å²) in [5, 5.41) is 6.13. The van der Waals surface area contributed by atoms with E-state index >= 15 is 0 Å². The Labute approximate surface area is 127 Å². The SMILES string of the molecule is Cc1ccccc1CNC(=O)NC(C)C1CC2CCC1C2. The maximum atomic E-state index is 12.1. The Hall–Kier alpha value is -1.51. The van der Waals surface area contributed by atoms with E-state index in [4.69, 9.17) is 0 Å². The van der Waals surface area contributed by atoms with Gasteiger partial charge in [-0.2, -0.15) is 0 Å². The lowest BCUT2D eigenvalue weighted by molar-refractivity contribution is 0.220. The van der Waals surface area contributed by atoms with Gasteiger partial charge in [-0.25, -0.2) is 4.79 Å². The Bertz CT molecular complexity index is 514. The van der Waals surface area contributed by atoms with Gasteiger partial charge in [-0.15, -0.1) is 0 Å². The van der Waals surface area contributed by atoms with Crippen LogP contribution in [0.2, 0.25) is 0 Å². The number of hydrogen-bond acceptors (Lipinski definition) is 1. The highest BCUT2D eigenvalue weighted by Crippen LogP contribution is 2.49. The van der Waals surface area contributed by atoms with E-state index < -0.39 is 0 Å². The van der Waals surface area contributed by atoms with Crippen LogP contribution in [0.1, 0.15) is 43.7 Å². The second-order valence-electron chi connectivity index (χ2n) is 6.88. The molecule has 3 rings (SSSR count). The third kappa shape index (κ3) is 3.22. The van der Waals surface area contributed by atoms with Gasteiger partial charge in [0.1, 0.15) is 0 Å². The van der Waals surface area contributed by atoms with Crippen molar-refractivity contribution in [2.45, 2.75) is 52.1 Å². The quantitative estimate of drug-likeness (QED) is 0.872. The van der Waals surface area contributed by atoms with E-state index in [1.165, 1.54) is 36.8 Å². The molecular weight excluding hydrogens is 260 g/mol. The first-order chi connectivity index (χ1) is 10.1. The van der Waals surface area contributed by atoms with Gasteiger partial charge in [-0.3, -0.25) is 0 Å². The molecule has 0 aliphatic heterocycles. The molecule has 4 unspecified atom stereocenters. The lowest BCUT2D eigenvalue weighted by atomic mass is 9.84. The van der Waals surface area contributed by atoms with E-state index in [1.54, 1.807) is 0 Å². The molecule has 2 aliphatic rings. The van der Waals surface area contributed by atoms with Crippen LogP contribution in [0.3, 0.4) is 0 Å². The lowest BCUT2D eigenvalue weighted by Gasteiger charge is -2.28. The molecule has 0 radical (unpaired) electrons. The number of fused-ring (bicyclic) bond motifs is 2. The molecule has 2 amide bonds.